The second-order valence-electron chi connectivity index (χ2n) is 6.23. The van der Waals surface area contributed by atoms with Gasteiger partial charge in [0.1, 0.15) is 0 Å². The van der Waals surface area contributed by atoms with Crippen molar-refractivity contribution in [3.8, 4) is 5.75 Å². The first kappa shape index (κ1) is 13.8. The van der Waals surface area contributed by atoms with Crippen LogP contribution in [-0.2, 0) is 6.42 Å². The zero-order valence-corrected chi connectivity index (χ0v) is 11.8. The Morgan fingerprint density at radius 1 is 0.900 bits per heavy atom. The number of hydrogen-bond acceptors (Lipinski definition) is 1. The quantitative estimate of drug-likeness (QED) is 0.752. The lowest BCUT2D eigenvalue weighted by Crippen LogP contribution is -2.13. The van der Waals surface area contributed by atoms with Gasteiger partial charge in [0.25, 0.3) is 0 Å². The molecule has 1 aromatic carbocycles. The van der Waals surface area contributed by atoms with Crippen molar-refractivity contribution in [2.45, 2.75) is 63.9 Å². The van der Waals surface area contributed by atoms with Gasteiger partial charge < -0.3 is 4.74 Å². The van der Waals surface area contributed by atoms with E-state index in [4.69, 9.17) is 4.74 Å². The number of rotatable bonds is 4. The highest BCUT2D eigenvalue weighted by atomic mass is 19.2. The first-order chi connectivity index (χ1) is 9.74. The fourth-order valence-corrected chi connectivity index (χ4v) is 3.53. The smallest absolute Gasteiger partial charge is 0.200 e. The van der Waals surface area contributed by atoms with Gasteiger partial charge in [-0.1, -0.05) is 31.7 Å². The molecule has 0 amide bonds. The van der Waals surface area contributed by atoms with E-state index in [0.717, 1.165) is 38.5 Å². The molecule has 0 aromatic heterocycles. The lowest BCUT2D eigenvalue weighted by molar-refractivity contribution is 0.198. The largest absolute Gasteiger partial charge is 0.487 e. The Balaban J connectivity index is 1.71. The second-order valence-corrected chi connectivity index (χ2v) is 6.23. The average Bonchev–Trinajstić information content (AvgIpc) is 3.12. The Bertz CT molecular complexity index is 417. The number of benzene rings is 1. The molecule has 2 saturated carbocycles. The molecule has 0 bridgehead atoms. The van der Waals surface area contributed by atoms with Gasteiger partial charge in [0.05, 0.1) is 6.10 Å². The summed E-state index contributed by atoms with van der Waals surface area (Å²) in [5.74, 6) is -0.894. The van der Waals surface area contributed by atoms with Crippen LogP contribution in [0.5, 0.6) is 5.75 Å². The SMILES string of the molecule is Fc1c(CC2CCCC2)ccc(OC2CCCC2)c1F. The highest BCUT2D eigenvalue weighted by Crippen LogP contribution is 2.32. The Hall–Kier alpha value is -1.12. The van der Waals surface area contributed by atoms with Crippen LogP contribution in [0.25, 0.3) is 0 Å². The van der Waals surface area contributed by atoms with Gasteiger partial charge in [0, 0.05) is 0 Å². The fourth-order valence-electron chi connectivity index (χ4n) is 3.53. The lowest BCUT2D eigenvalue weighted by Gasteiger charge is -2.16. The summed E-state index contributed by atoms with van der Waals surface area (Å²) in [5, 5.41) is 0. The van der Waals surface area contributed by atoms with Gasteiger partial charge in [-0.25, -0.2) is 4.39 Å². The van der Waals surface area contributed by atoms with Crippen LogP contribution < -0.4 is 4.74 Å². The maximum atomic E-state index is 14.1. The molecule has 1 nitrogen and oxygen atoms in total. The molecule has 2 aliphatic carbocycles. The Labute approximate surface area is 119 Å². The fraction of sp³-hybridized carbons (Fsp3) is 0.647. The predicted octanol–water partition coefficient (Wildman–Crippen LogP) is 5.02. The molecule has 1 aromatic rings. The standard InChI is InChI=1S/C17H22F2O/c18-16-13(11-12-5-1-2-6-12)9-10-15(17(16)19)20-14-7-3-4-8-14/h9-10,12,14H,1-8,11H2. The third-order valence-electron chi connectivity index (χ3n) is 4.71. The minimum absolute atomic E-state index is 0.0598. The molecule has 0 aliphatic heterocycles. The predicted molar refractivity (Wildman–Crippen MR) is 74.9 cm³/mol. The van der Waals surface area contributed by atoms with Crippen LogP contribution in [0.15, 0.2) is 12.1 Å². The van der Waals surface area contributed by atoms with Gasteiger partial charge in [-0.15, -0.1) is 0 Å². The van der Waals surface area contributed by atoms with Crippen molar-refractivity contribution in [1.29, 1.82) is 0 Å². The van der Waals surface area contributed by atoms with Gasteiger partial charge in [-0.3, -0.25) is 0 Å². The normalized spacial score (nSPS) is 20.7. The summed E-state index contributed by atoms with van der Waals surface area (Å²) in [6, 6.07) is 3.32. The summed E-state index contributed by atoms with van der Waals surface area (Å²) in [5.41, 5.74) is 0.508. The first-order valence-corrected chi connectivity index (χ1v) is 7.87. The Morgan fingerprint density at radius 3 is 2.25 bits per heavy atom. The average molecular weight is 280 g/mol. The maximum Gasteiger partial charge on any atom is 0.200 e. The van der Waals surface area contributed by atoms with E-state index < -0.39 is 11.6 Å². The summed E-state index contributed by atoms with van der Waals surface area (Å²) in [6.45, 7) is 0. The van der Waals surface area contributed by atoms with Crippen LogP contribution in [0.2, 0.25) is 0 Å². The van der Waals surface area contributed by atoms with Crippen molar-refractivity contribution in [3.05, 3.63) is 29.3 Å². The van der Waals surface area contributed by atoms with E-state index in [0.29, 0.717) is 17.9 Å². The monoisotopic (exact) mass is 280 g/mol. The lowest BCUT2D eigenvalue weighted by atomic mass is 9.97. The van der Waals surface area contributed by atoms with E-state index in [9.17, 15) is 8.78 Å². The molecule has 2 aliphatic rings. The van der Waals surface area contributed by atoms with E-state index in [1.807, 2.05) is 0 Å². The molecular weight excluding hydrogens is 258 g/mol. The van der Waals surface area contributed by atoms with Crippen molar-refractivity contribution in [3.63, 3.8) is 0 Å². The molecule has 110 valence electrons. The van der Waals surface area contributed by atoms with Crippen LogP contribution in [0.1, 0.15) is 56.9 Å². The van der Waals surface area contributed by atoms with E-state index >= 15 is 0 Å². The molecule has 3 rings (SSSR count). The zero-order chi connectivity index (χ0) is 13.9. The molecule has 0 heterocycles. The van der Waals surface area contributed by atoms with Crippen molar-refractivity contribution >= 4 is 0 Å². The van der Waals surface area contributed by atoms with Gasteiger partial charge >= 0.3 is 0 Å². The maximum absolute atomic E-state index is 14.1. The molecular formula is C17H22F2O. The van der Waals surface area contributed by atoms with Crippen LogP contribution in [0.3, 0.4) is 0 Å². The van der Waals surface area contributed by atoms with Gasteiger partial charge in [0.15, 0.2) is 11.6 Å². The van der Waals surface area contributed by atoms with Crippen LogP contribution in [0, 0.1) is 17.6 Å². The summed E-state index contributed by atoms with van der Waals surface area (Å²) >= 11 is 0. The minimum Gasteiger partial charge on any atom is -0.487 e. The molecule has 3 heteroatoms. The van der Waals surface area contributed by atoms with Gasteiger partial charge in [-0.2, -0.15) is 4.39 Å². The van der Waals surface area contributed by atoms with Crippen molar-refractivity contribution in [2.75, 3.05) is 0 Å². The first-order valence-electron chi connectivity index (χ1n) is 7.87. The van der Waals surface area contributed by atoms with Crippen LogP contribution >= 0.6 is 0 Å². The second kappa shape index (κ2) is 6.11. The third-order valence-corrected chi connectivity index (χ3v) is 4.71. The van der Waals surface area contributed by atoms with E-state index in [1.54, 1.807) is 12.1 Å². The highest BCUT2D eigenvalue weighted by molar-refractivity contribution is 5.31. The molecule has 0 radical (unpaired) electrons. The van der Waals surface area contributed by atoms with E-state index in [-0.39, 0.29) is 11.9 Å². The summed E-state index contributed by atoms with van der Waals surface area (Å²) < 4.78 is 33.8. The van der Waals surface area contributed by atoms with Crippen LogP contribution in [0.4, 0.5) is 8.78 Å². The molecule has 0 saturated heterocycles. The Kier molecular flexibility index (Phi) is 4.23. The summed E-state index contributed by atoms with van der Waals surface area (Å²) in [6.07, 6.45) is 9.58. The van der Waals surface area contributed by atoms with Gasteiger partial charge in [0.2, 0.25) is 5.82 Å². The summed E-state index contributed by atoms with van der Waals surface area (Å²) in [4.78, 5) is 0. The summed E-state index contributed by atoms with van der Waals surface area (Å²) in [7, 11) is 0. The number of halogens is 2. The molecule has 0 spiro atoms. The molecule has 0 unspecified atom stereocenters. The van der Waals surface area contributed by atoms with Gasteiger partial charge in [-0.05, 0) is 49.7 Å². The van der Waals surface area contributed by atoms with Crippen molar-refractivity contribution in [1.82, 2.24) is 0 Å². The Morgan fingerprint density at radius 2 is 1.55 bits per heavy atom. The molecule has 0 N–H and O–H groups in total. The van der Waals surface area contributed by atoms with E-state index in [1.165, 1.54) is 12.8 Å². The van der Waals surface area contributed by atoms with Crippen LogP contribution in [-0.4, -0.2) is 6.10 Å². The number of hydrogen-bond donors (Lipinski definition) is 0. The number of ether oxygens (including phenoxy) is 1. The zero-order valence-electron chi connectivity index (χ0n) is 11.8. The molecule has 0 atom stereocenters. The van der Waals surface area contributed by atoms with Crippen molar-refractivity contribution in [2.24, 2.45) is 5.92 Å². The third kappa shape index (κ3) is 2.97. The van der Waals surface area contributed by atoms with E-state index in [2.05, 4.69) is 0 Å². The minimum atomic E-state index is -0.799. The topological polar surface area (TPSA) is 9.23 Å². The van der Waals surface area contributed by atoms with Crippen molar-refractivity contribution < 1.29 is 13.5 Å². The molecule has 2 fully saturated rings. The highest BCUT2D eigenvalue weighted by Gasteiger charge is 2.23. The molecule has 20 heavy (non-hydrogen) atoms.